The molecule has 1 aromatic carbocycles. The molecule has 0 aliphatic rings. The van der Waals surface area contributed by atoms with Gasteiger partial charge in [-0.1, -0.05) is 43.3 Å². The van der Waals surface area contributed by atoms with E-state index in [1.807, 2.05) is 0 Å². The second-order valence-corrected chi connectivity index (χ2v) is 11.3. The van der Waals surface area contributed by atoms with E-state index in [4.69, 9.17) is 0 Å². The van der Waals surface area contributed by atoms with E-state index in [2.05, 4.69) is 15.2 Å². The summed E-state index contributed by atoms with van der Waals surface area (Å²) in [6.45, 7) is 4.75. The zero-order valence-corrected chi connectivity index (χ0v) is 20.0. The van der Waals surface area contributed by atoms with Crippen molar-refractivity contribution >= 4 is 49.3 Å². The molecule has 2 aromatic rings. The van der Waals surface area contributed by atoms with Gasteiger partial charge in [0.05, 0.1) is 21.9 Å². The van der Waals surface area contributed by atoms with Crippen molar-refractivity contribution in [1.29, 1.82) is 0 Å². The third-order valence-corrected chi connectivity index (χ3v) is 8.84. The van der Waals surface area contributed by atoms with Gasteiger partial charge in [0.1, 0.15) is 14.7 Å². The lowest BCUT2D eigenvalue weighted by molar-refractivity contribution is -0.144. The molecule has 3 N–H and O–H groups in total. The maximum Gasteiger partial charge on any atom is 0.325 e. The molecule has 8 nitrogen and oxygen atoms in total. The number of carboxylic acids is 1. The van der Waals surface area contributed by atoms with Crippen molar-refractivity contribution in [3.63, 3.8) is 0 Å². The van der Waals surface area contributed by atoms with Crippen molar-refractivity contribution in [2.45, 2.75) is 36.4 Å². The normalized spacial score (nSPS) is 16.6. The van der Waals surface area contributed by atoms with E-state index in [0.717, 1.165) is 11.3 Å². The van der Waals surface area contributed by atoms with Crippen LogP contribution in [0.15, 0.2) is 62.8 Å². The molecule has 0 aliphatic carbocycles. The smallest absolute Gasteiger partial charge is 0.325 e. The summed E-state index contributed by atoms with van der Waals surface area (Å²) in [7, 11) is -5.31. The third kappa shape index (κ3) is 6.10. The van der Waals surface area contributed by atoms with Gasteiger partial charge in [-0.05, 0) is 31.5 Å². The lowest BCUT2D eigenvalue weighted by atomic mass is 9.83. The van der Waals surface area contributed by atoms with Gasteiger partial charge in [-0.15, -0.1) is 11.3 Å². The monoisotopic (exact) mass is 483 g/mol. The molecule has 2 rings (SSSR count). The SMILES string of the molecule is C/C=C(\C=N/Nc1ccc(S(=O)(=O)NC(C)(C(=O)O)C(C)c2ccccc2)s1)S(C)=O. The Kier molecular flexibility index (Phi) is 8.29. The predicted molar refractivity (Wildman–Crippen MR) is 125 cm³/mol. The molecule has 1 heterocycles. The molecule has 3 atom stereocenters. The van der Waals surface area contributed by atoms with Gasteiger partial charge in [0.25, 0.3) is 10.0 Å². The fourth-order valence-corrected chi connectivity index (χ4v) is 5.84. The van der Waals surface area contributed by atoms with Crippen molar-refractivity contribution in [2.24, 2.45) is 5.10 Å². The van der Waals surface area contributed by atoms with Gasteiger partial charge in [0, 0.05) is 12.2 Å². The molecule has 0 bridgehead atoms. The molecule has 0 amide bonds. The number of carboxylic acid groups (broad SMARTS) is 1. The Morgan fingerprint density at radius 3 is 2.45 bits per heavy atom. The van der Waals surface area contributed by atoms with Crippen LogP contribution in [-0.4, -0.2) is 41.7 Å². The van der Waals surface area contributed by atoms with E-state index >= 15 is 0 Å². The van der Waals surface area contributed by atoms with E-state index in [-0.39, 0.29) is 4.21 Å². The number of nitrogens with one attached hydrogen (secondary N) is 2. The zero-order valence-electron chi connectivity index (χ0n) is 17.5. The average molecular weight is 484 g/mol. The van der Waals surface area contributed by atoms with E-state index in [1.54, 1.807) is 50.3 Å². The molecule has 168 valence electrons. The largest absolute Gasteiger partial charge is 0.480 e. The summed E-state index contributed by atoms with van der Waals surface area (Å²) in [6, 6.07) is 11.8. The number of carbonyl (C=O) groups is 1. The summed E-state index contributed by atoms with van der Waals surface area (Å²) in [6.07, 6.45) is 4.58. The Morgan fingerprint density at radius 2 is 1.90 bits per heavy atom. The molecule has 0 radical (unpaired) electrons. The Hall–Kier alpha value is -2.34. The number of allylic oxidation sites excluding steroid dienone is 2. The molecule has 1 aromatic heterocycles. The first-order valence-corrected chi connectivity index (χ1v) is 13.1. The highest BCUT2D eigenvalue weighted by atomic mass is 32.2. The molecule has 0 saturated heterocycles. The lowest BCUT2D eigenvalue weighted by Crippen LogP contribution is -2.55. The van der Waals surface area contributed by atoms with Crippen LogP contribution in [0.1, 0.15) is 32.3 Å². The highest BCUT2D eigenvalue weighted by molar-refractivity contribution is 7.91. The fourth-order valence-electron chi connectivity index (χ4n) is 2.72. The first-order valence-electron chi connectivity index (χ1n) is 9.22. The molecular weight excluding hydrogens is 458 g/mol. The number of benzene rings is 1. The van der Waals surface area contributed by atoms with Crippen LogP contribution in [0, 0.1) is 0 Å². The molecule has 3 unspecified atom stereocenters. The fraction of sp³-hybridized carbons (Fsp3) is 0.300. The minimum Gasteiger partial charge on any atom is -0.480 e. The van der Waals surface area contributed by atoms with Crippen molar-refractivity contribution < 1.29 is 22.5 Å². The van der Waals surface area contributed by atoms with Gasteiger partial charge in [-0.25, -0.2) is 8.42 Å². The van der Waals surface area contributed by atoms with Crippen LogP contribution in [-0.2, 0) is 25.6 Å². The number of nitrogens with zero attached hydrogens (tertiary/aromatic N) is 1. The minimum absolute atomic E-state index is 0.0525. The van der Waals surface area contributed by atoms with Gasteiger partial charge >= 0.3 is 5.97 Å². The van der Waals surface area contributed by atoms with Crippen molar-refractivity contribution in [2.75, 3.05) is 11.7 Å². The number of hydrazone groups is 1. The predicted octanol–water partition coefficient (Wildman–Crippen LogP) is 3.35. The molecule has 31 heavy (non-hydrogen) atoms. The van der Waals surface area contributed by atoms with Gasteiger partial charge in [-0.3, -0.25) is 14.4 Å². The number of rotatable bonds is 10. The second kappa shape index (κ2) is 10.3. The third-order valence-electron chi connectivity index (χ3n) is 4.79. The van der Waals surface area contributed by atoms with Crippen LogP contribution in [0.4, 0.5) is 5.00 Å². The Bertz CT molecular complexity index is 1110. The summed E-state index contributed by atoms with van der Waals surface area (Å²) in [5.41, 5.74) is 1.63. The quantitative estimate of drug-likeness (QED) is 0.352. The van der Waals surface area contributed by atoms with E-state index < -0.39 is 38.2 Å². The molecule has 0 spiro atoms. The summed E-state index contributed by atoms with van der Waals surface area (Å²) in [5, 5.41) is 14.2. The highest BCUT2D eigenvalue weighted by Gasteiger charge is 2.43. The average Bonchev–Trinajstić information content (AvgIpc) is 3.20. The summed E-state index contributed by atoms with van der Waals surface area (Å²) >= 11 is 0.904. The first kappa shape index (κ1) is 24.9. The summed E-state index contributed by atoms with van der Waals surface area (Å²) in [4.78, 5) is 12.6. The molecule has 0 fully saturated rings. The standard InChI is InChI=1S/C20H25N3O5S3/c1-5-16(30(4)26)13-21-22-17-11-12-18(29-17)31(27,28)23-20(3,19(24)25)14(2)15-9-7-6-8-10-15/h5-14,22-23H,1-4H3,(H,24,25)/b16-5+,21-13-. The number of sulfonamides is 1. The Balaban J connectivity index is 2.24. The number of hydrogen-bond donors (Lipinski definition) is 3. The Morgan fingerprint density at radius 1 is 1.26 bits per heavy atom. The number of hydrogen-bond acceptors (Lipinski definition) is 7. The van der Waals surface area contributed by atoms with Gasteiger partial charge in [-0.2, -0.15) is 9.82 Å². The van der Waals surface area contributed by atoms with Crippen LogP contribution in [0.25, 0.3) is 0 Å². The van der Waals surface area contributed by atoms with E-state index in [9.17, 15) is 22.5 Å². The zero-order chi connectivity index (χ0) is 23.2. The molecular formula is C20H25N3O5S3. The Labute approximate surface area is 188 Å². The number of aliphatic carboxylic acids is 1. The second-order valence-electron chi connectivity index (χ2n) is 6.88. The van der Waals surface area contributed by atoms with Crippen LogP contribution in [0.3, 0.4) is 0 Å². The van der Waals surface area contributed by atoms with Crippen LogP contribution < -0.4 is 10.1 Å². The van der Waals surface area contributed by atoms with Crippen LogP contribution in [0.2, 0.25) is 0 Å². The number of anilines is 1. The van der Waals surface area contributed by atoms with Gasteiger partial charge in [0.15, 0.2) is 0 Å². The molecule has 0 aliphatic heterocycles. The lowest BCUT2D eigenvalue weighted by Gasteiger charge is -2.32. The summed E-state index contributed by atoms with van der Waals surface area (Å²) < 4.78 is 39.7. The van der Waals surface area contributed by atoms with Crippen LogP contribution >= 0.6 is 11.3 Å². The van der Waals surface area contributed by atoms with Crippen molar-refractivity contribution in [3.05, 3.63) is 59.0 Å². The van der Waals surface area contributed by atoms with Crippen LogP contribution in [0.5, 0.6) is 0 Å². The maximum atomic E-state index is 12.9. The van der Waals surface area contributed by atoms with Crippen molar-refractivity contribution in [1.82, 2.24) is 4.72 Å². The highest BCUT2D eigenvalue weighted by Crippen LogP contribution is 2.32. The van der Waals surface area contributed by atoms with E-state index in [1.165, 1.54) is 31.5 Å². The maximum absolute atomic E-state index is 12.9. The van der Waals surface area contributed by atoms with Gasteiger partial charge in [0.2, 0.25) is 0 Å². The van der Waals surface area contributed by atoms with Gasteiger partial charge < -0.3 is 5.11 Å². The van der Waals surface area contributed by atoms with Crippen molar-refractivity contribution in [3.8, 4) is 0 Å². The topological polar surface area (TPSA) is 125 Å². The molecule has 0 saturated carbocycles. The molecule has 11 heteroatoms. The number of thiophene rings is 1. The minimum atomic E-state index is -4.12. The summed E-state index contributed by atoms with van der Waals surface area (Å²) in [5.74, 6) is -1.91. The first-order chi connectivity index (χ1) is 14.5. The van der Waals surface area contributed by atoms with E-state index in [0.29, 0.717) is 15.5 Å².